The number of alkyl halides is 3. The fraction of sp³-hybridized carbons (Fsp3) is 0.467. The van der Waals surface area contributed by atoms with E-state index in [2.05, 4.69) is 20.8 Å². The van der Waals surface area contributed by atoms with Gasteiger partial charge in [-0.15, -0.1) is 16.9 Å². The summed E-state index contributed by atoms with van der Waals surface area (Å²) in [5.41, 5.74) is -1.10. The van der Waals surface area contributed by atoms with Gasteiger partial charge in [0.1, 0.15) is 0 Å². The summed E-state index contributed by atoms with van der Waals surface area (Å²) >= 11 is 1.28. The second kappa shape index (κ2) is 7.03. The Bertz CT molecular complexity index is 760. The largest absolute Gasteiger partial charge is 0.418 e. The smallest absolute Gasteiger partial charge is 0.325 e. The highest BCUT2D eigenvalue weighted by atomic mass is 32.2. The summed E-state index contributed by atoms with van der Waals surface area (Å²) in [4.78, 5) is 12.2. The zero-order valence-electron chi connectivity index (χ0n) is 13.3. The van der Waals surface area contributed by atoms with Gasteiger partial charge in [-0.05, 0) is 42.3 Å². The van der Waals surface area contributed by atoms with Crippen molar-refractivity contribution in [3.05, 3.63) is 35.7 Å². The highest BCUT2D eigenvalue weighted by molar-refractivity contribution is 7.99. The summed E-state index contributed by atoms with van der Waals surface area (Å²) in [5, 5.41) is 13.3. The predicted octanol–water partition coefficient (Wildman–Crippen LogP) is 3.29. The van der Waals surface area contributed by atoms with Crippen molar-refractivity contribution in [1.82, 2.24) is 20.2 Å². The Balaban J connectivity index is 1.61. The first-order valence-electron chi connectivity index (χ1n) is 7.71. The van der Waals surface area contributed by atoms with Gasteiger partial charge in [-0.3, -0.25) is 4.79 Å². The van der Waals surface area contributed by atoms with E-state index in [0.717, 1.165) is 18.9 Å². The maximum Gasteiger partial charge on any atom is 0.418 e. The van der Waals surface area contributed by atoms with E-state index in [1.165, 1.54) is 30.0 Å². The molecule has 1 amide bonds. The number of rotatable bonds is 6. The number of anilines is 1. The van der Waals surface area contributed by atoms with Crippen LogP contribution in [0.1, 0.15) is 37.2 Å². The van der Waals surface area contributed by atoms with E-state index < -0.39 is 22.9 Å². The number of carbonyl (C=O) groups is 1. The Labute approximate surface area is 146 Å². The molecule has 0 aliphatic heterocycles. The first kappa shape index (κ1) is 17.7. The fourth-order valence-electron chi connectivity index (χ4n) is 2.26. The topological polar surface area (TPSA) is 72.7 Å². The van der Waals surface area contributed by atoms with Gasteiger partial charge in [0, 0.05) is 0 Å². The molecule has 1 fully saturated rings. The number of hydrogen-bond acceptors (Lipinski definition) is 5. The molecular weight excluding hydrogens is 355 g/mol. The van der Waals surface area contributed by atoms with Crippen LogP contribution in [0.5, 0.6) is 0 Å². The first-order chi connectivity index (χ1) is 11.9. The van der Waals surface area contributed by atoms with E-state index in [1.807, 2.05) is 0 Å². The standard InChI is InChI=1S/C15H16F3N5OS/c1-9(25-8-13-20-21-22-23(13)10-6-7-10)14(24)19-12-5-3-2-4-11(12)15(16,17)18/h2-5,9-10H,6-8H2,1H3,(H,19,24). The second-order valence-electron chi connectivity index (χ2n) is 5.76. The molecule has 25 heavy (non-hydrogen) atoms. The number of nitrogens with zero attached hydrogens (tertiary/aromatic N) is 4. The molecule has 2 aromatic rings. The van der Waals surface area contributed by atoms with Gasteiger partial charge in [0.15, 0.2) is 5.82 Å². The lowest BCUT2D eigenvalue weighted by Gasteiger charge is -2.16. The van der Waals surface area contributed by atoms with E-state index in [0.29, 0.717) is 17.6 Å². The molecule has 1 aliphatic carbocycles. The van der Waals surface area contributed by atoms with Crippen LogP contribution < -0.4 is 5.32 Å². The van der Waals surface area contributed by atoms with Crippen LogP contribution in [-0.2, 0) is 16.7 Å². The third kappa shape index (κ3) is 4.30. The summed E-state index contributed by atoms with van der Waals surface area (Å²) in [5.74, 6) is 0.592. The second-order valence-corrected chi connectivity index (χ2v) is 7.09. The van der Waals surface area contributed by atoms with Crippen molar-refractivity contribution in [3.63, 3.8) is 0 Å². The van der Waals surface area contributed by atoms with Crippen LogP contribution in [0.2, 0.25) is 0 Å². The van der Waals surface area contributed by atoms with Crippen LogP contribution >= 0.6 is 11.8 Å². The van der Waals surface area contributed by atoms with Crippen molar-refractivity contribution in [2.45, 2.75) is 43.0 Å². The third-order valence-electron chi connectivity index (χ3n) is 3.78. The average Bonchev–Trinajstić information content (AvgIpc) is 3.30. The van der Waals surface area contributed by atoms with E-state index in [9.17, 15) is 18.0 Å². The Hall–Kier alpha value is -2.10. The number of amides is 1. The van der Waals surface area contributed by atoms with Crippen molar-refractivity contribution in [3.8, 4) is 0 Å². The molecule has 10 heteroatoms. The lowest BCUT2D eigenvalue weighted by molar-refractivity contribution is -0.137. The average molecular weight is 371 g/mol. The lowest BCUT2D eigenvalue weighted by Crippen LogP contribution is -2.24. The number of aromatic nitrogens is 4. The minimum atomic E-state index is -4.52. The molecule has 1 N–H and O–H groups in total. The van der Waals surface area contributed by atoms with Crippen LogP contribution in [0.3, 0.4) is 0 Å². The van der Waals surface area contributed by atoms with Gasteiger partial charge in [-0.1, -0.05) is 12.1 Å². The summed E-state index contributed by atoms with van der Waals surface area (Å²) in [6.07, 6.45) is -2.45. The Morgan fingerprint density at radius 3 is 2.80 bits per heavy atom. The number of hydrogen-bond donors (Lipinski definition) is 1. The van der Waals surface area contributed by atoms with Gasteiger partial charge in [0.25, 0.3) is 0 Å². The number of halogens is 3. The number of carbonyl (C=O) groups excluding carboxylic acids is 1. The van der Waals surface area contributed by atoms with Crippen molar-refractivity contribution >= 4 is 23.4 Å². The number of benzene rings is 1. The summed E-state index contributed by atoms with van der Waals surface area (Å²) in [7, 11) is 0. The van der Waals surface area contributed by atoms with Crippen LogP contribution in [0, 0.1) is 0 Å². The van der Waals surface area contributed by atoms with E-state index in [1.54, 1.807) is 11.6 Å². The van der Waals surface area contributed by atoms with Crippen LogP contribution in [0.15, 0.2) is 24.3 Å². The maximum absolute atomic E-state index is 13.0. The molecule has 0 bridgehead atoms. The molecule has 1 unspecified atom stereocenters. The summed E-state index contributed by atoms with van der Waals surface area (Å²) in [6, 6.07) is 5.25. The molecule has 3 rings (SSSR count). The molecule has 0 saturated heterocycles. The highest BCUT2D eigenvalue weighted by Crippen LogP contribution is 2.36. The molecular formula is C15H16F3N5OS. The van der Waals surface area contributed by atoms with Gasteiger partial charge < -0.3 is 5.32 Å². The first-order valence-corrected chi connectivity index (χ1v) is 8.76. The molecule has 1 atom stereocenters. The van der Waals surface area contributed by atoms with Gasteiger partial charge >= 0.3 is 6.18 Å². The Kier molecular flexibility index (Phi) is 4.98. The van der Waals surface area contributed by atoms with E-state index >= 15 is 0 Å². The van der Waals surface area contributed by atoms with Gasteiger partial charge in [0.2, 0.25) is 5.91 Å². The van der Waals surface area contributed by atoms with Gasteiger partial charge in [0.05, 0.1) is 28.3 Å². The molecule has 1 aliphatic rings. The predicted molar refractivity (Wildman–Crippen MR) is 86.9 cm³/mol. The van der Waals surface area contributed by atoms with Gasteiger partial charge in [-0.25, -0.2) is 4.68 Å². The Morgan fingerprint density at radius 2 is 2.12 bits per heavy atom. The molecule has 0 radical (unpaired) electrons. The number of tetrazole rings is 1. The zero-order chi connectivity index (χ0) is 18.0. The number of para-hydroxylation sites is 1. The van der Waals surface area contributed by atoms with E-state index in [4.69, 9.17) is 0 Å². The molecule has 134 valence electrons. The molecule has 1 aromatic carbocycles. The Morgan fingerprint density at radius 1 is 1.40 bits per heavy atom. The molecule has 1 saturated carbocycles. The zero-order valence-corrected chi connectivity index (χ0v) is 14.1. The van der Waals surface area contributed by atoms with Crippen LogP contribution in [0.25, 0.3) is 0 Å². The third-order valence-corrected chi connectivity index (χ3v) is 4.91. The number of thioether (sulfide) groups is 1. The van der Waals surface area contributed by atoms with Crippen molar-refractivity contribution in [2.75, 3.05) is 5.32 Å². The highest BCUT2D eigenvalue weighted by Gasteiger charge is 2.34. The number of nitrogens with one attached hydrogen (secondary N) is 1. The minimum Gasteiger partial charge on any atom is -0.325 e. The van der Waals surface area contributed by atoms with Crippen LogP contribution in [-0.4, -0.2) is 31.4 Å². The van der Waals surface area contributed by atoms with Crippen LogP contribution in [0.4, 0.5) is 18.9 Å². The van der Waals surface area contributed by atoms with Gasteiger partial charge in [-0.2, -0.15) is 13.2 Å². The maximum atomic E-state index is 13.0. The molecule has 6 nitrogen and oxygen atoms in total. The van der Waals surface area contributed by atoms with Crippen molar-refractivity contribution < 1.29 is 18.0 Å². The quantitative estimate of drug-likeness (QED) is 0.844. The SMILES string of the molecule is CC(SCc1nnnn1C1CC1)C(=O)Nc1ccccc1C(F)(F)F. The van der Waals surface area contributed by atoms with Crippen molar-refractivity contribution in [1.29, 1.82) is 0 Å². The normalized spacial score (nSPS) is 15.8. The summed E-state index contributed by atoms with van der Waals surface area (Å²) < 4.78 is 40.7. The van der Waals surface area contributed by atoms with Crippen molar-refractivity contribution in [2.24, 2.45) is 0 Å². The monoisotopic (exact) mass is 371 g/mol. The summed E-state index contributed by atoms with van der Waals surface area (Å²) in [6.45, 7) is 1.64. The fourth-order valence-corrected chi connectivity index (χ4v) is 3.06. The van der Waals surface area contributed by atoms with E-state index in [-0.39, 0.29) is 5.69 Å². The molecule has 0 spiro atoms. The lowest BCUT2D eigenvalue weighted by atomic mass is 10.1. The molecule has 1 aromatic heterocycles. The molecule has 1 heterocycles. The minimum absolute atomic E-state index is 0.240.